The molecule has 2 N–H and O–H groups in total. The predicted molar refractivity (Wildman–Crippen MR) is 95.0 cm³/mol. The van der Waals surface area contributed by atoms with Gasteiger partial charge in [0.05, 0.1) is 3.57 Å². The van der Waals surface area contributed by atoms with Gasteiger partial charge in [0.2, 0.25) is 0 Å². The van der Waals surface area contributed by atoms with Gasteiger partial charge in [0.15, 0.2) is 0 Å². The lowest BCUT2D eigenvalue weighted by atomic mass is 10.1. The van der Waals surface area contributed by atoms with Gasteiger partial charge in [0.1, 0.15) is 17.4 Å². The molecule has 0 heterocycles. The third-order valence-corrected chi connectivity index (χ3v) is 4.16. The molecule has 0 saturated carbocycles. The zero-order chi connectivity index (χ0) is 15.3. The summed E-state index contributed by atoms with van der Waals surface area (Å²) in [6.45, 7) is 3.83. The molecule has 0 aliphatic carbocycles. The first-order valence-corrected chi connectivity index (χ1v) is 8.15. The van der Waals surface area contributed by atoms with Crippen molar-refractivity contribution in [2.45, 2.75) is 26.3 Å². The quantitative estimate of drug-likeness (QED) is 0.382. The largest absolute Gasteiger partial charge is 0.506 e. The highest BCUT2D eigenvalue weighted by molar-refractivity contribution is 14.1. The molecule has 0 aliphatic heterocycles. The molecule has 0 radical (unpaired) electrons. The molecule has 0 bridgehead atoms. The van der Waals surface area contributed by atoms with E-state index in [1.165, 1.54) is 6.08 Å². The van der Waals surface area contributed by atoms with Crippen molar-refractivity contribution < 1.29 is 9.90 Å². The Hall–Kier alpha value is -0.820. The van der Waals surface area contributed by atoms with Crippen molar-refractivity contribution in [1.29, 1.82) is 5.26 Å². The fourth-order valence-corrected chi connectivity index (χ4v) is 3.29. The summed E-state index contributed by atoms with van der Waals surface area (Å²) >= 11 is 4.13. The Morgan fingerprint density at radius 3 is 2.75 bits per heavy atom. The summed E-state index contributed by atoms with van der Waals surface area (Å²) in [6, 6.07) is 5.43. The Bertz CT molecular complexity index is 592. The van der Waals surface area contributed by atoms with Crippen molar-refractivity contribution in [1.82, 2.24) is 5.32 Å². The number of nitriles is 1. The number of hydrogen-bond acceptors (Lipinski definition) is 3. The van der Waals surface area contributed by atoms with Crippen molar-refractivity contribution in [3.63, 3.8) is 0 Å². The van der Waals surface area contributed by atoms with E-state index in [0.717, 1.165) is 9.99 Å². The first kappa shape index (κ1) is 17.2. The van der Waals surface area contributed by atoms with Crippen LogP contribution in [-0.4, -0.2) is 17.1 Å². The number of rotatable bonds is 4. The fourth-order valence-electron chi connectivity index (χ4n) is 1.40. The molecule has 20 heavy (non-hydrogen) atoms. The van der Waals surface area contributed by atoms with Crippen LogP contribution in [0.25, 0.3) is 6.08 Å². The summed E-state index contributed by atoms with van der Waals surface area (Å²) in [5.74, 6) is -0.342. The van der Waals surface area contributed by atoms with Crippen LogP contribution in [0.3, 0.4) is 0 Å². The van der Waals surface area contributed by atoms with Crippen LogP contribution in [0.4, 0.5) is 0 Å². The van der Waals surface area contributed by atoms with Crippen LogP contribution >= 0.6 is 45.2 Å². The Balaban J connectivity index is 3.13. The molecular formula is C14H14I2N2O2. The smallest absolute Gasteiger partial charge is 0.262 e. The average Bonchev–Trinajstić information content (AvgIpc) is 2.40. The number of carbonyl (C=O) groups is 1. The second kappa shape index (κ2) is 7.83. The molecule has 1 amide bonds. The SMILES string of the molecule is CC[C@@H](C)NC(=O)/C(C#N)=C/c1cc(I)cc(I)c1O. The lowest BCUT2D eigenvalue weighted by molar-refractivity contribution is -0.117. The Labute approximate surface area is 145 Å². The standard InChI is InChI=1S/C14H14I2N2O2/c1-3-8(2)18-14(20)10(7-17)4-9-5-11(15)6-12(16)13(9)19/h4-6,8,19H,3H2,1-2H3,(H,18,20)/b10-4+/t8-/m1/s1. The van der Waals surface area contributed by atoms with Gasteiger partial charge in [-0.2, -0.15) is 5.26 Å². The number of nitrogens with one attached hydrogen (secondary N) is 1. The maximum absolute atomic E-state index is 11.9. The summed E-state index contributed by atoms with van der Waals surface area (Å²) in [7, 11) is 0. The van der Waals surface area contributed by atoms with Crippen molar-refractivity contribution in [2.24, 2.45) is 0 Å². The first-order valence-electron chi connectivity index (χ1n) is 5.99. The van der Waals surface area contributed by atoms with E-state index in [9.17, 15) is 9.90 Å². The molecule has 1 rings (SSSR count). The first-order chi connectivity index (χ1) is 9.38. The highest BCUT2D eigenvalue weighted by Crippen LogP contribution is 2.28. The number of nitrogens with zero attached hydrogens (tertiary/aromatic N) is 1. The van der Waals surface area contributed by atoms with Gasteiger partial charge in [-0.25, -0.2) is 0 Å². The molecular weight excluding hydrogens is 482 g/mol. The normalized spacial score (nSPS) is 12.7. The topological polar surface area (TPSA) is 73.1 Å². The molecule has 0 unspecified atom stereocenters. The minimum atomic E-state index is -0.421. The minimum Gasteiger partial charge on any atom is -0.506 e. The monoisotopic (exact) mass is 496 g/mol. The summed E-state index contributed by atoms with van der Waals surface area (Å²) in [5, 5.41) is 21.8. The van der Waals surface area contributed by atoms with Crippen LogP contribution in [0.1, 0.15) is 25.8 Å². The van der Waals surface area contributed by atoms with Gasteiger partial charge in [-0.05, 0) is 76.7 Å². The number of aromatic hydroxyl groups is 1. The van der Waals surface area contributed by atoms with Crippen LogP contribution in [0, 0.1) is 18.5 Å². The van der Waals surface area contributed by atoms with Crippen molar-refractivity contribution >= 4 is 57.2 Å². The van der Waals surface area contributed by atoms with Gasteiger partial charge in [-0.3, -0.25) is 4.79 Å². The number of benzene rings is 1. The summed E-state index contributed by atoms with van der Waals surface area (Å²) in [5.41, 5.74) is 0.454. The lowest BCUT2D eigenvalue weighted by Crippen LogP contribution is -2.32. The van der Waals surface area contributed by atoms with E-state index >= 15 is 0 Å². The minimum absolute atomic E-state index is 0.00360. The Morgan fingerprint density at radius 2 is 2.20 bits per heavy atom. The second-order valence-electron chi connectivity index (χ2n) is 4.28. The van der Waals surface area contributed by atoms with Gasteiger partial charge < -0.3 is 10.4 Å². The molecule has 0 saturated heterocycles. The molecule has 1 aromatic carbocycles. The van der Waals surface area contributed by atoms with E-state index in [-0.39, 0.29) is 17.4 Å². The van der Waals surface area contributed by atoms with Crippen LogP contribution in [0.2, 0.25) is 0 Å². The van der Waals surface area contributed by atoms with E-state index in [2.05, 4.69) is 27.9 Å². The molecule has 4 nitrogen and oxygen atoms in total. The predicted octanol–water partition coefficient (Wildman–Crippen LogP) is 3.42. The summed E-state index contributed by atoms with van der Waals surface area (Å²) in [6.07, 6.45) is 2.20. The van der Waals surface area contributed by atoms with Crippen LogP contribution in [0.15, 0.2) is 17.7 Å². The number of amides is 1. The molecule has 1 atom stereocenters. The van der Waals surface area contributed by atoms with E-state index in [1.807, 2.05) is 48.6 Å². The van der Waals surface area contributed by atoms with E-state index in [0.29, 0.717) is 9.13 Å². The molecule has 106 valence electrons. The molecule has 6 heteroatoms. The number of halogens is 2. The molecule has 0 aromatic heterocycles. The van der Waals surface area contributed by atoms with Crippen LogP contribution in [0.5, 0.6) is 5.75 Å². The van der Waals surface area contributed by atoms with Gasteiger partial charge in [-0.15, -0.1) is 0 Å². The highest BCUT2D eigenvalue weighted by Gasteiger charge is 2.13. The molecule has 0 fully saturated rings. The van der Waals surface area contributed by atoms with E-state index in [4.69, 9.17) is 5.26 Å². The van der Waals surface area contributed by atoms with Gasteiger partial charge in [0.25, 0.3) is 5.91 Å². The number of phenolic OH excluding ortho intramolecular Hbond substituents is 1. The third-order valence-electron chi connectivity index (χ3n) is 2.71. The number of hydrogen-bond donors (Lipinski definition) is 2. The van der Waals surface area contributed by atoms with Gasteiger partial charge >= 0.3 is 0 Å². The summed E-state index contributed by atoms with van der Waals surface area (Å²) in [4.78, 5) is 11.9. The van der Waals surface area contributed by atoms with E-state index in [1.54, 1.807) is 6.07 Å². The van der Waals surface area contributed by atoms with Crippen LogP contribution < -0.4 is 5.32 Å². The average molecular weight is 496 g/mol. The number of phenols is 1. The Kier molecular flexibility index (Phi) is 6.75. The van der Waals surface area contributed by atoms with Gasteiger partial charge in [-0.1, -0.05) is 6.92 Å². The van der Waals surface area contributed by atoms with Crippen molar-refractivity contribution in [3.05, 3.63) is 30.4 Å². The second-order valence-corrected chi connectivity index (χ2v) is 6.69. The maximum Gasteiger partial charge on any atom is 0.262 e. The molecule has 0 spiro atoms. The number of carbonyl (C=O) groups excluding carboxylic acids is 1. The third kappa shape index (κ3) is 4.63. The fraction of sp³-hybridized carbons (Fsp3) is 0.286. The summed E-state index contributed by atoms with van der Waals surface area (Å²) < 4.78 is 1.61. The maximum atomic E-state index is 11.9. The van der Waals surface area contributed by atoms with Crippen molar-refractivity contribution in [2.75, 3.05) is 0 Å². The molecule has 1 aromatic rings. The lowest BCUT2D eigenvalue weighted by Gasteiger charge is -2.10. The van der Waals surface area contributed by atoms with E-state index < -0.39 is 5.91 Å². The zero-order valence-electron chi connectivity index (χ0n) is 11.1. The van der Waals surface area contributed by atoms with Crippen LogP contribution in [-0.2, 0) is 4.79 Å². The zero-order valence-corrected chi connectivity index (χ0v) is 15.4. The van der Waals surface area contributed by atoms with Gasteiger partial charge in [0, 0.05) is 15.2 Å². The molecule has 0 aliphatic rings. The highest BCUT2D eigenvalue weighted by atomic mass is 127. The van der Waals surface area contributed by atoms with Crippen molar-refractivity contribution in [3.8, 4) is 11.8 Å². The Morgan fingerprint density at radius 1 is 1.55 bits per heavy atom.